The minimum atomic E-state index is 0.0162. The highest BCUT2D eigenvalue weighted by molar-refractivity contribution is 5.78. The van der Waals surface area contributed by atoms with Crippen molar-refractivity contribution in [2.45, 2.75) is 6.10 Å². The van der Waals surface area contributed by atoms with Crippen LogP contribution in [0.3, 0.4) is 0 Å². The van der Waals surface area contributed by atoms with Crippen LogP contribution in [-0.4, -0.2) is 69.8 Å². The number of hydrogen-bond acceptors (Lipinski definition) is 7. The lowest BCUT2D eigenvalue weighted by Crippen LogP contribution is -2.32. The summed E-state index contributed by atoms with van der Waals surface area (Å²) >= 11 is 0. The molecular weight excluding hydrogens is 398 g/mol. The third kappa shape index (κ3) is 4.58. The highest BCUT2D eigenvalue weighted by Gasteiger charge is 2.14. The van der Waals surface area contributed by atoms with Crippen LogP contribution in [0.25, 0.3) is 22.5 Å². The Morgan fingerprint density at radius 2 is 2.00 bits per heavy atom. The Bertz CT molecular complexity index is 1100. The number of benzene rings is 1. The first-order valence-corrected chi connectivity index (χ1v) is 10.2. The summed E-state index contributed by atoms with van der Waals surface area (Å²) in [6.07, 6.45) is 8.89. The molecule has 1 aliphatic rings. The number of fused-ring (bicyclic) bond motifs is 1. The van der Waals surface area contributed by atoms with Gasteiger partial charge in [0.25, 0.3) is 0 Å². The zero-order valence-electron chi connectivity index (χ0n) is 17.0. The van der Waals surface area contributed by atoms with E-state index in [4.69, 9.17) is 18.9 Å². The zero-order chi connectivity index (χ0) is 20.9. The van der Waals surface area contributed by atoms with Crippen molar-refractivity contribution in [3.05, 3.63) is 61.6 Å². The van der Waals surface area contributed by atoms with Gasteiger partial charge in [0, 0.05) is 24.1 Å². The molecule has 160 valence electrons. The highest BCUT2D eigenvalue weighted by Crippen LogP contribution is 2.22. The summed E-state index contributed by atoms with van der Waals surface area (Å²) in [4.78, 5) is 13.0. The summed E-state index contributed by atoms with van der Waals surface area (Å²) in [5.74, 6) is 1.58. The fourth-order valence-electron chi connectivity index (χ4n) is 3.41. The molecule has 1 saturated heterocycles. The molecule has 0 saturated carbocycles. The number of pyridine rings is 1. The molecule has 4 aromatic rings. The lowest BCUT2D eigenvalue weighted by atomic mass is 10.3. The van der Waals surface area contributed by atoms with Gasteiger partial charge in [0.15, 0.2) is 0 Å². The largest absolute Gasteiger partial charge is 0.491 e. The Labute approximate surface area is 179 Å². The first-order valence-electron chi connectivity index (χ1n) is 10.2. The minimum absolute atomic E-state index is 0.0162. The lowest BCUT2D eigenvalue weighted by Gasteiger charge is -2.22. The molecule has 9 nitrogen and oxygen atoms in total. The zero-order valence-corrected chi connectivity index (χ0v) is 17.0. The molecule has 0 spiro atoms. The van der Waals surface area contributed by atoms with E-state index in [9.17, 15) is 0 Å². The monoisotopic (exact) mass is 421 g/mol. The number of rotatable bonds is 8. The second kappa shape index (κ2) is 9.25. The normalized spacial score (nSPS) is 16.6. The number of hydrogen-bond donors (Lipinski definition) is 0. The van der Waals surface area contributed by atoms with Crippen LogP contribution in [0.2, 0.25) is 0 Å². The standard InChI is InChI=1S/C22H23N5O4/c1-3-18(30-9-7-28-13-19-14-29-8-10-31-19)4-2-17(1)27-16-25-20-12-24-22(11-21(20)27)26-6-5-23-15-26/h1-6,11-12,15-16,19H,7-10,13-14H2. The van der Waals surface area contributed by atoms with E-state index in [1.807, 2.05) is 45.7 Å². The van der Waals surface area contributed by atoms with Crippen molar-refractivity contribution in [2.75, 3.05) is 39.6 Å². The number of aromatic nitrogens is 5. The Kier molecular flexibility index (Phi) is 5.87. The predicted molar refractivity (Wildman–Crippen MR) is 113 cm³/mol. The fourth-order valence-corrected chi connectivity index (χ4v) is 3.41. The second-order valence-electron chi connectivity index (χ2n) is 7.10. The number of ether oxygens (including phenoxy) is 4. The summed E-state index contributed by atoms with van der Waals surface area (Å²) in [6, 6.07) is 9.88. The second-order valence-corrected chi connectivity index (χ2v) is 7.10. The molecule has 1 atom stereocenters. The summed E-state index contributed by atoms with van der Waals surface area (Å²) in [5, 5.41) is 0. The average molecular weight is 421 g/mol. The molecule has 0 radical (unpaired) electrons. The van der Waals surface area contributed by atoms with Gasteiger partial charge in [0.2, 0.25) is 0 Å². The lowest BCUT2D eigenvalue weighted by molar-refractivity contribution is -0.116. The summed E-state index contributed by atoms with van der Waals surface area (Å²) in [6.45, 7) is 3.37. The van der Waals surface area contributed by atoms with E-state index in [-0.39, 0.29) is 6.10 Å². The molecule has 31 heavy (non-hydrogen) atoms. The van der Waals surface area contributed by atoms with E-state index >= 15 is 0 Å². The van der Waals surface area contributed by atoms with E-state index in [2.05, 4.69) is 15.0 Å². The smallest absolute Gasteiger partial charge is 0.140 e. The van der Waals surface area contributed by atoms with Crippen LogP contribution in [-0.2, 0) is 14.2 Å². The van der Waals surface area contributed by atoms with Crippen LogP contribution < -0.4 is 4.74 Å². The van der Waals surface area contributed by atoms with Gasteiger partial charge >= 0.3 is 0 Å². The molecule has 1 aliphatic heterocycles. The third-order valence-corrected chi connectivity index (χ3v) is 4.99. The van der Waals surface area contributed by atoms with Gasteiger partial charge in [-0.1, -0.05) is 0 Å². The Morgan fingerprint density at radius 3 is 2.81 bits per heavy atom. The quantitative estimate of drug-likeness (QED) is 0.404. The van der Waals surface area contributed by atoms with Crippen LogP contribution >= 0.6 is 0 Å². The molecule has 4 heterocycles. The average Bonchev–Trinajstić information content (AvgIpc) is 3.50. The number of imidazole rings is 2. The third-order valence-electron chi connectivity index (χ3n) is 4.99. The van der Waals surface area contributed by atoms with E-state index in [1.54, 1.807) is 25.0 Å². The van der Waals surface area contributed by atoms with Gasteiger partial charge in [-0.2, -0.15) is 0 Å². The predicted octanol–water partition coefficient (Wildman–Crippen LogP) is 2.42. The number of nitrogens with zero attached hydrogens (tertiary/aromatic N) is 5. The van der Waals surface area contributed by atoms with Gasteiger partial charge in [0.05, 0.1) is 44.7 Å². The van der Waals surface area contributed by atoms with E-state index in [1.165, 1.54) is 0 Å². The van der Waals surface area contributed by atoms with Crippen molar-refractivity contribution in [3.8, 4) is 17.3 Å². The highest BCUT2D eigenvalue weighted by atomic mass is 16.6. The molecule has 9 heteroatoms. The van der Waals surface area contributed by atoms with Crippen LogP contribution in [0.1, 0.15) is 0 Å². The van der Waals surface area contributed by atoms with E-state index in [0.717, 1.165) is 28.3 Å². The van der Waals surface area contributed by atoms with Crippen molar-refractivity contribution in [1.29, 1.82) is 0 Å². The van der Waals surface area contributed by atoms with Crippen LogP contribution in [0.5, 0.6) is 5.75 Å². The van der Waals surface area contributed by atoms with Crippen molar-refractivity contribution < 1.29 is 18.9 Å². The molecule has 0 bridgehead atoms. The molecule has 5 rings (SSSR count). The molecule has 1 fully saturated rings. The first kappa shape index (κ1) is 19.7. The minimum Gasteiger partial charge on any atom is -0.491 e. The SMILES string of the molecule is c1cn(-c2cc3c(cn2)ncn3-c2ccc(OCCOCC3COCCO3)cc2)cn1. The molecular formula is C22H23N5O4. The van der Waals surface area contributed by atoms with Gasteiger partial charge < -0.3 is 18.9 Å². The maximum Gasteiger partial charge on any atom is 0.140 e. The van der Waals surface area contributed by atoms with Crippen molar-refractivity contribution in [2.24, 2.45) is 0 Å². The molecule has 0 aliphatic carbocycles. The van der Waals surface area contributed by atoms with Crippen LogP contribution in [0.15, 0.2) is 61.6 Å². The molecule has 0 amide bonds. The summed E-state index contributed by atoms with van der Waals surface area (Å²) in [5.41, 5.74) is 2.78. The van der Waals surface area contributed by atoms with Gasteiger partial charge in [-0.05, 0) is 24.3 Å². The van der Waals surface area contributed by atoms with Gasteiger partial charge in [-0.3, -0.25) is 9.13 Å². The Balaban J connectivity index is 1.20. The first-order chi connectivity index (χ1) is 15.4. The van der Waals surface area contributed by atoms with E-state index < -0.39 is 0 Å². The Morgan fingerprint density at radius 1 is 1.06 bits per heavy atom. The van der Waals surface area contributed by atoms with Gasteiger partial charge in [-0.15, -0.1) is 0 Å². The van der Waals surface area contributed by atoms with Crippen molar-refractivity contribution in [1.82, 2.24) is 24.1 Å². The van der Waals surface area contributed by atoms with E-state index in [0.29, 0.717) is 39.6 Å². The molecule has 1 aromatic carbocycles. The Hall–Kier alpha value is -3.27. The summed E-state index contributed by atoms with van der Waals surface area (Å²) in [7, 11) is 0. The van der Waals surface area contributed by atoms with Gasteiger partial charge in [-0.25, -0.2) is 15.0 Å². The van der Waals surface area contributed by atoms with Crippen molar-refractivity contribution in [3.63, 3.8) is 0 Å². The van der Waals surface area contributed by atoms with Gasteiger partial charge in [0.1, 0.15) is 42.4 Å². The maximum absolute atomic E-state index is 5.78. The maximum atomic E-state index is 5.78. The fraction of sp³-hybridized carbons (Fsp3) is 0.318. The van der Waals surface area contributed by atoms with Crippen molar-refractivity contribution >= 4 is 11.0 Å². The molecule has 1 unspecified atom stereocenters. The van der Waals surface area contributed by atoms with Crippen LogP contribution in [0, 0.1) is 0 Å². The van der Waals surface area contributed by atoms with Crippen LogP contribution in [0.4, 0.5) is 0 Å². The molecule has 3 aromatic heterocycles. The summed E-state index contributed by atoms with van der Waals surface area (Å²) < 4.78 is 26.2. The molecule has 0 N–H and O–H groups in total. The topological polar surface area (TPSA) is 85.5 Å².